The third-order valence-corrected chi connectivity index (χ3v) is 4.23. The second-order valence-electron chi connectivity index (χ2n) is 5.97. The van der Waals surface area contributed by atoms with Crippen molar-refractivity contribution in [3.63, 3.8) is 0 Å². The summed E-state index contributed by atoms with van der Waals surface area (Å²) >= 11 is 0. The minimum atomic E-state index is -0.369. The number of rotatable bonds is 5. The van der Waals surface area contributed by atoms with Crippen LogP contribution in [-0.4, -0.2) is 18.4 Å². The number of nitrogens with one attached hydrogen (secondary N) is 2. The fraction of sp³-hybridized carbons (Fsp3) is 0.333. The van der Waals surface area contributed by atoms with Crippen LogP contribution in [0.5, 0.6) is 0 Å². The first-order valence-corrected chi connectivity index (χ1v) is 7.99. The van der Waals surface area contributed by atoms with E-state index in [-0.39, 0.29) is 17.9 Å². The van der Waals surface area contributed by atoms with Gasteiger partial charge in [-0.15, -0.1) is 0 Å². The van der Waals surface area contributed by atoms with Crippen LogP contribution >= 0.6 is 0 Å². The van der Waals surface area contributed by atoms with Gasteiger partial charge in [0.05, 0.1) is 5.56 Å². The van der Waals surface area contributed by atoms with E-state index >= 15 is 0 Å². The molecule has 4 N–H and O–H groups in total. The van der Waals surface area contributed by atoms with Gasteiger partial charge in [-0.2, -0.15) is 0 Å². The highest BCUT2D eigenvalue weighted by Gasteiger charge is 2.29. The first-order valence-electron chi connectivity index (χ1n) is 7.99. The average molecular weight is 311 g/mol. The lowest BCUT2D eigenvalue weighted by Crippen LogP contribution is -2.36. The summed E-state index contributed by atoms with van der Waals surface area (Å²) in [5, 5.41) is 7.42. The fourth-order valence-corrected chi connectivity index (χ4v) is 3.07. The number of imide groups is 1. The Hall–Kier alpha value is -2.40. The molecule has 1 atom stereocenters. The predicted molar refractivity (Wildman–Crippen MR) is 91.7 cm³/mol. The molecule has 0 aliphatic carbocycles. The van der Waals surface area contributed by atoms with Gasteiger partial charge in [0.15, 0.2) is 0 Å². The molecule has 2 aromatic rings. The lowest BCUT2D eigenvalue weighted by atomic mass is 9.88. The van der Waals surface area contributed by atoms with Crippen molar-refractivity contribution in [3.8, 4) is 0 Å². The molecular formula is C18H21N3O2. The Labute approximate surface area is 135 Å². The summed E-state index contributed by atoms with van der Waals surface area (Å²) in [6.07, 6.45) is 2.14. The molecule has 0 aromatic heterocycles. The summed E-state index contributed by atoms with van der Waals surface area (Å²) in [4.78, 5) is 24.5. The summed E-state index contributed by atoms with van der Waals surface area (Å²) in [6.45, 7) is 4.82. The zero-order chi connectivity index (χ0) is 16.6. The highest BCUT2D eigenvalue weighted by molar-refractivity contribution is 6.27. The van der Waals surface area contributed by atoms with Crippen molar-refractivity contribution in [2.75, 3.05) is 11.9 Å². The van der Waals surface area contributed by atoms with Crippen molar-refractivity contribution >= 4 is 28.3 Å². The number of carbonyl (C=O) groups is 2. The molecule has 0 spiro atoms. The van der Waals surface area contributed by atoms with E-state index in [1.165, 1.54) is 0 Å². The van der Waals surface area contributed by atoms with Crippen LogP contribution in [0.2, 0.25) is 0 Å². The standard InChI is InChI=1S/C18H21N3O2/c1-3-4-8-20-14-9-13(10(2)19)16-15-11(14)6-5-7-12(15)17(22)21-18(16)23/h5-7,9-10,20H,3-4,8,19H2,1-2H3,(H,21,22,23). The Kier molecular flexibility index (Phi) is 4.05. The van der Waals surface area contributed by atoms with E-state index in [0.717, 1.165) is 36.0 Å². The van der Waals surface area contributed by atoms with Gasteiger partial charge in [0.2, 0.25) is 0 Å². The maximum absolute atomic E-state index is 12.4. The van der Waals surface area contributed by atoms with Crippen molar-refractivity contribution < 1.29 is 9.59 Å². The molecular weight excluding hydrogens is 290 g/mol. The normalized spacial score (nSPS) is 14.7. The second-order valence-corrected chi connectivity index (χ2v) is 5.97. The molecule has 0 radical (unpaired) electrons. The van der Waals surface area contributed by atoms with Gasteiger partial charge >= 0.3 is 0 Å². The Morgan fingerprint density at radius 3 is 2.74 bits per heavy atom. The van der Waals surface area contributed by atoms with Crippen molar-refractivity contribution in [1.29, 1.82) is 0 Å². The topological polar surface area (TPSA) is 84.2 Å². The molecule has 2 amide bonds. The zero-order valence-corrected chi connectivity index (χ0v) is 13.4. The van der Waals surface area contributed by atoms with E-state index in [1.54, 1.807) is 6.07 Å². The van der Waals surface area contributed by atoms with Crippen molar-refractivity contribution in [3.05, 3.63) is 41.0 Å². The van der Waals surface area contributed by atoms with Crippen molar-refractivity contribution in [2.24, 2.45) is 5.73 Å². The smallest absolute Gasteiger partial charge is 0.259 e. The van der Waals surface area contributed by atoms with Gasteiger partial charge < -0.3 is 11.1 Å². The number of benzene rings is 2. The maximum atomic E-state index is 12.4. The molecule has 5 nitrogen and oxygen atoms in total. The Bertz CT molecular complexity index is 796. The molecule has 1 aliphatic heterocycles. The first kappa shape index (κ1) is 15.5. The van der Waals surface area contributed by atoms with E-state index < -0.39 is 0 Å². The minimum absolute atomic E-state index is 0.298. The molecule has 0 saturated heterocycles. The SMILES string of the molecule is CCCCNc1cc(C(C)N)c2c3c(cccc13)C(=O)NC2=O. The summed E-state index contributed by atoms with van der Waals surface area (Å²) in [5.74, 6) is -0.722. The predicted octanol–water partition coefficient (Wildman–Crippen LogP) is 2.96. The molecule has 5 heteroatoms. The average Bonchev–Trinajstić information content (AvgIpc) is 2.52. The molecule has 0 fully saturated rings. The van der Waals surface area contributed by atoms with Gasteiger partial charge in [-0.3, -0.25) is 14.9 Å². The second kappa shape index (κ2) is 6.01. The zero-order valence-electron chi connectivity index (χ0n) is 13.4. The number of hydrogen-bond acceptors (Lipinski definition) is 4. The van der Waals surface area contributed by atoms with Crippen LogP contribution in [0.1, 0.15) is 59.0 Å². The summed E-state index contributed by atoms with van der Waals surface area (Å²) in [5.41, 5.74) is 8.81. The van der Waals surface area contributed by atoms with Gasteiger partial charge in [-0.05, 0) is 31.0 Å². The molecule has 0 bridgehead atoms. The fourth-order valence-electron chi connectivity index (χ4n) is 3.07. The third-order valence-electron chi connectivity index (χ3n) is 4.23. The quantitative estimate of drug-likeness (QED) is 0.585. The van der Waals surface area contributed by atoms with E-state index in [0.29, 0.717) is 16.5 Å². The van der Waals surface area contributed by atoms with Gasteiger partial charge in [0.25, 0.3) is 11.8 Å². The number of anilines is 1. The highest BCUT2D eigenvalue weighted by atomic mass is 16.2. The van der Waals surface area contributed by atoms with Crippen LogP contribution < -0.4 is 16.4 Å². The molecule has 120 valence electrons. The third kappa shape index (κ3) is 2.57. The summed E-state index contributed by atoms with van der Waals surface area (Å²) in [7, 11) is 0. The van der Waals surface area contributed by atoms with Crippen LogP contribution in [0.3, 0.4) is 0 Å². The van der Waals surface area contributed by atoms with E-state index in [1.807, 2.05) is 25.1 Å². The van der Waals surface area contributed by atoms with Crippen LogP contribution in [-0.2, 0) is 0 Å². The number of nitrogens with two attached hydrogens (primary N) is 1. The Morgan fingerprint density at radius 1 is 1.26 bits per heavy atom. The number of amides is 2. The van der Waals surface area contributed by atoms with E-state index in [2.05, 4.69) is 17.6 Å². The Morgan fingerprint density at radius 2 is 2.04 bits per heavy atom. The van der Waals surface area contributed by atoms with Crippen LogP contribution in [0.15, 0.2) is 24.3 Å². The van der Waals surface area contributed by atoms with Crippen LogP contribution in [0.4, 0.5) is 5.69 Å². The van der Waals surface area contributed by atoms with Gasteiger partial charge in [-0.1, -0.05) is 25.5 Å². The van der Waals surface area contributed by atoms with Crippen molar-refractivity contribution in [2.45, 2.75) is 32.7 Å². The van der Waals surface area contributed by atoms with E-state index in [4.69, 9.17) is 5.73 Å². The first-order chi connectivity index (χ1) is 11.0. The molecule has 1 heterocycles. The molecule has 1 unspecified atom stereocenters. The van der Waals surface area contributed by atoms with Crippen LogP contribution in [0, 0.1) is 0 Å². The Balaban J connectivity index is 2.29. The number of carbonyl (C=O) groups excluding carboxylic acids is 2. The molecule has 23 heavy (non-hydrogen) atoms. The van der Waals surface area contributed by atoms with Gasteiger partial charge in [0, 0.05) is 34.6 Å². The largest absolute Gasteiger partial charge is 0.385 e. The molecule has 3 rings (SSSR count). The number of unbranched alkanes of at least 4 members (excludes halogenated alkanes) is 1. The maximum Gasteiger partial charge on any atom is 0.259 e. The minimum Gasteiger partial charge on any atom is -0.385 e. The van der Waals surface area contributed by atoms with Gasteiger partial charge in [0.1, 0.15) is 0 Å². The number of hydrogen-bond donors (Lipinski definition) is 3. The lowest BCUT2D eigenvalue weighted by molar-refractivity contribution is 0.0844. The monoisotopic (exact) mass is 311 g/mol. The lowest BCUT2D eigenvalue weighted by Gasteiger charge is -2.23. The summed E-state index contributed by atoms with van der Waals surface area (Å²) < 4.78 is 0. The summed E-state index contributed by atoms with van der Waals surface area (Å²) in [6, 6.07) is 7.17. The molecule has 1 aliphatic rings. The van der Waals surface area contributed by atoms with Crippen molar-refractivity contribution in [1.82, 2.24) is 5.32 Å². The van der Waals surface area contributed by atoms with Gasteiger partial charge in [-0.25, -0.2) is 0 Å². The van der Waals surface area contributed by atoms with E-state index in [9.17, 15) is 9.59 Å². The molecule has 0 saturated carbocycles. The highest BCUT2D eigenvalue weighted by Crippen LogP contribution is 2.36. The molecule has 2 aromatic carbocycles. The van der Waals surface area contributed by atoms with Crippen LogP contribution in [0.25, 0.3) is 10.8 Å².